The van der Waals surface area contributed by atoms with Crippen LogP contribution in [0.4, 0.5) is 11.4 Å². The van der Waals surface area contributed by atoms with Crippen molar-refractivity contribution < 1.29 is 8.42 Å². The molecule has 19 heavy (non-hydrogen) atoms. The Bertz CT molecular complexity index is 681. The Morgan fingerprint density at radius 3 is 2.53 bits per heavy atom. The molecule has 1 aromatic carbocycles. The molecular formula is C12H13ClN2O2S2. The van der Waals surface area contributed by atoms with Gasteiger partial charge in [0.1, 0.15) is 4.21 Å². The van der Waals surface area contributed by atoms with Gasteiger partial charge >= 0.3 is 0 Å². The topological polar surface area (TPSA) is 49.4 Å². The van der Waals surface area contributed by atoms with Gasteiger partial charge in [0.2, 0.25) is 0 Å². The molecule has 4 nitrogen and oxygen atoms in total. The average Bonchev–Trinajstić information content (AvgIpc) is 2.76. The molecule has 2 rings (SSSR count). The van der Waals surface area contributed by atoms with Crippen LogP contribution in [-0.4, -0.2) is 22.5 Å². The van der Waals surface area contributed by atoms with Crippen molar-refractivity contribution in [1.82, 2.24) is 0 Å². The van der Waals surface area contributed by atoms with E-state index in [1.165, 1.54) is 6.07 Å². The van der Waals surface area contributed by atoms with E-state index < -0.39 is 10.0 Å². The fraction of sp³-hybridized carbons (Fsp3) is 0.167. The van der Waals surface area contributed by atoms with Gasteiger partial charge in [-0.3, -0.25) is 4.72 Å². The van der Waals surface area contributed by atoms with Crippen LogP contribution in [0.15, 0.2) is 40.6 Å². The van der Waals surface area contributed by atoms with E-state index >= 15 is 0 Å². The zero-order valence-electron chi connectivity index (χ0n) is 10.4. The molecule has 1 N–H and O–H groups in total. The normalized spacial score (nSPS) is 11.3. The molecule has 102 valence electrons. The van der Waals surface area contributed by atoms with Crippen LogP contribution in [-0.2, 0) is 10.0 Å². The third kappa shape index (κ3) is 3.40. The number of nitrogens with zero attached hydrogens (tertiary/aromatic N) is 1. The molecule has 0 spiro atoms. The highest BCUT2D eigenvalue weighted by molar-refractivity contribution is 7.94. The van der Waals surface area contributed by atoms with Gasteiger partial charge in [-0.1, -0.05) is 17.7 Å². The molecular weight excluding hydrogens is 304 g/mol. The number of halogens is 1. The summed E-state index contributed by atoms with van der Waals surface area (Å²) in [4.78, 5) is 1.90. The van der Waals surface area contributed by atoms with E-state index in [9.17, 15) is 8.42 Å². The first kappa shape index (κ1) is 14.2. The zero-order chi connectivity index (χ0) is 14.0. The Balaban J connectivity index is 2.28. The van der Waals surface area contributed by atoms with Crippen LogP contribution in [0.5, 0.6) is 0 Å². The maximum atomic E-state index is 12.1. The summed E-state index contributed by atoms with van der Waals surface area (Å²) in [6.07, 6.45) is 0. The predicted molar refractivity (Wildman–Crippen MR) is 80.9 cm³/mol. The van der Waals surface area contributed by atoms with Gasteiger partial charge in [-0.2, -0.15) is 0 Å². The summed E-state index contributed by atoms with van der Waals surface area (Å²) < 4.78 is 27.4. The third-order valence-corrected chi connectivity index (χ3v) is 5.53. The van der Waals surface area contributed by atoms with Crippen molar-refractivity contribution in [1.29, 1.82) is 0 Å². The lowest BCUT2D eigenvalue weighted by Crippen LogP contribution is -2.13. The first-order chi connectivity index (χ1) is 8.88. The highest BCUT2D eigenvalue weighted by atomic mass is 35.5. The second-order valence-corrected chi connectivity index (χ2v) is 7.73. The molecule has 1 heterocycles. The average molecular weight is 317 g/mol. The maximum Gasteiger partial charge on any atom is 0.271 e. The van der Waals surface area contributed by atoms with Crippen LogP contribution in [0.3, 0.4) is 0 Å². The molecule has 0 saturated heterocycles. The van der Waals surface area contributed by atoms with Crippen molar-refractivity contribution in [2.75, 3.05) is 23.7 Å². The van der Waals surface area contributed by atoms with Crippen LogP contribution in [0.2, 0.25) is 4.34 Å². The minimum atomic E-state index is -3.57. The van der Waals surface area contributed by atoms with Gasteiger partial charge in [0, 0.05) is 19.8 Å². The van der Waals surface area contributed by atoms with E-state index in [4.69, 9.17) is 11.6 Å². The second-order valence-electron chi connectivity index (χ2n) is 4.11. The van der Waals surface area contributed by atoms with Crippen molar-refractivity contribution in [2.45, 2.75) is 4.21 Å². The lowest BCUT2D eigenvalue weighted by Gasteiger charge is -2.14. The van der Waals surface area contributed by atoms with E-state index in [-0.39, 0.29) is 4.21 Å². The van der Waals surface area contributed by atoms with Gasteiger partial charge in [0.25, 0.3) is 10.0 Å². The molecule has 0 bridgehead atoms. The van der Waals surface area contributed by atoms with Crippen LogP contribution in [0.25, 0.3) is 0 Å². The van der Waals surface area contributed by atoms with Crippen LogP contribution >= 0.6 is 22.9 Å². The largest absolute Gasteiger partial charge is 0.378 e. The molecule has 0 aliphatic rings. The fourth-order valence-electron chi connectivity index (χ4n) is 1.50. The van der Waals surface area contributed by atoms with Gasteiger partial charge in [-0.05, 0) is 30.3 Å². The monoisotopic (exact) mass is 316 g/mol. The standard InChI is InChI=1S/C12H13ClN2O2S2/c1-15(2)10-5-3-4-9(8-10)14-19(16,17)12-7-6-11(13)18-12/h3-8,14H,1-2H3. The van der Waals surface area contributed by atoms with Gasteiger partial charge in [-0.25, -0.2) is 8.42 Å². The van der Waals surface area contributed by atoms with Crippen LogP contribution < -0.4 is 9.62 Å². The van der Waals surface area contributed by atoms with Crippen LogP contribution in [0, 0.1) is 0 Å². The number of hydrogen-bond donors (Lipinski definition) is 1. The number of anilines is 2. The van der Waals surface area contributed by atoms with Gasteiger partial charge < -0.3 is 4.90 Å². The number of hydrogen-bond acceptors (Lipinski definition) is 4. The molecule has 0 aliphatic carbocycles. The first-order valence-electron chi connectivity index (χ1n) is 5.44. The van der Waals surface area contributed by atoms with Crippen LogP contribution in [0.1, 0.15) is 0 Å². The van der Waals surface area contributed by atoms with Gasteiger partial charge in [0.05, 0.1) is 10.0 Å². The Hall–Kier alpha value is -1.24. The third-order valence-electron chi connectivity index (χ3n) is 2.43. The number of benzene rings is 1. The number of thiophene rings is 1. The summed E-state index contributed by atoms with van der Waals surface area (Å²) in [7, 11) is 0.222. The zero-order valence-corrected chi connectivity index (χ0v) is 12.8. The smallest absolute Gasteiger partial charge is 0.271 e. The van der Waals surface area contributed by atoms with E-state index in [1.54, 1.807) is 24.3 Å². The fourth-order valence-corrected chi connectivity index (χ4v) is 4.03. The summed E-state index contributed by atoms with van der Waals surface area (Å²) in [6.45, 7) is 0. The van der Waals surface area contributed by atoms with Crippen molar-refractivity contribution in [3.8, 4) is 0 Å². The quantitative estimate of drug-likeness (QED) is 0.941. The van der Waals surface area contributed by atoms with E-state index in [1.807, 2.05) is 25.1 Å². The summed E-state index contributed by atoms with van der Waals surface area (Å²) in [5.41, 5.74) is 1.44. The Kier molecular flexibility index (Phi) is 4.03. The lowest BCUT2D eigenvalue weighted by molar-refractivity contribution is 0.603. The van der Waals surface area contributed by atoms with Crippen molar-refractivity contribution in [3.63, 3.8) is 0 Å². The summed E-state index contributed by atoms with van der Waals surface area (Å²) in [6, 6.07) is 10.2. The molecule has 1 aromatic heterocycles. The van der Waals surface area contributed by atoms with E-state index in [0.29, 0.717) is 10.0 Å². The minimum Gasteiger partial charge on any atom is -0.378 e. The molecule has 0 saturated carbocycles. The molecule has 0 radical (unpaired) electrons. The van der Waals surface area contributed by atoms with Crippen molar-refractivity contribution >= 4 is 44.3 Å². The minimum absolute atomic E-state index is 0.202. The number of nitrogens with one attached hydrogen (secondary N) is 1. The Morgan fingerprint density at radius 1 is 1.21 bits per heavy atom. The Morgan fingerprint density at radius 2 is 1.95 bits per heavy atom. The Labute approximate surface area is 121 Å². The molecule has 7 heteroatoms. The summed E-state index contributed by atoms with van der Waals surface area (Å²) >= 11 is 6.78. The summed E-state index contributed by atoms with van der Waals surface area (Å²) in [5.74, 6) is 0. The highest BCUT2D eigenvalue weighted by Gasteiger charge is 2.16. The molecule has 0 unspecified atom stereocenters. The molecule has 0 amide bonds. The predicted octanol–water partition coefficient (Wildman–Crippen LogP) is 3.27. The van der Waals surface area contributed by atoms with Crippen molar-refractivity contribution in [2.24, 2.45) is 0 Å². The first-order valence-corrected chi connectivity index (χ1v) is 8.12. The second kappa shape index (κ2) is 5.40. The van der Waals surface area contributed by atoms with E-state index in [0.717, 1.165) is 17.0 Å². The molecule has 0 aliphatic heterocycles. The maximum absolute atomic E-state index is 12.1. The van der Waals surface area contributed by atoms with E-state index in [2.05, 4.69) is 4.72 Å². The summed E-state index contributed by atoms with van der Waals surface area (Å²) in [5, 5.41) is 0. The van der Waals surface area contributed by atoms with Gasteiger partial charge in [0.15, 0.2) is 0 Å². The molecule has 0 fully saturated rings. The SMILES string of the molecule is CN(C)c1cccc(NS(=O)(=O)c2ccc(Cl)s2)c1. The van der Waals surface area contributed by atoms with Crippen molar-refractivity contribution in [3.05, 3.63) is 40.7 Å². The number of rotatable bonds is 4. The molecule has 2 aromatic rings. The van der Waals surface area contributed by atoms with Gasteiger partial charge in [-0.15, -0.1) is 11.3 Å². The lowest BCUT2D eigenvalue weighted by atomic mass is 10.3. The number of sulfonamides is 1. The highest BCUT2D eigenvalue weighted by Crippen LogP contribution is 2.28. The molecule has 0 atom stereocenters.